The fraction of sp³-hybridized carbons (Fsp3) is 0.421. The van der Waals surface area contributed by atoms with Crippen LogP contribution in [0.5, 0.6) is 5.75 Å². The molecule has 6 nitrogen and oxygen atoms in total. The number of aromatic nitrogens is 4. The lowest BCUT2D eigenvalue weighted by Gasteiger charge is -2.09. The number of ether oxygens (including phenoxy) is 1. The van der Waals surface area contributed by atoms with E-state index in [0.717, 1.165) is 46.4 Å². The number of fused-ring (bicyclic) bond motifs is 1. The van der Waals surface area contributed by atoms with E-state index in [0.29, 0.717) is 11.3 Å². The Balaban J connectivity index is 0.00000117. The largest absolute Gasteiger partial charge is 0.496 e. The van der Waals surface area contributed by atoms with E-state index in [1.807, 2.05) is 32.9 Å². The molecule has 2 heterocycles. The molecule has 0 saturated heterocycles. The fourth-order valence-corrected chi connectivity index (χ4v) is 3.44. The summed E-state index contributed by atoms with van der Waals surface area (Å²) in [6.07, 6.45) is 3.65. The normalized spacial score (nSPS) is 10.5. The molecule has 26 heavy (non-hydrogen) atoms. The molecule has 2 aromatic heterocycles. The molecular formula is C19H27N5OS. The van der Waals surface area contributed by atoms with Crippen molar-refractivity contribution in [1.29, 1.82) is 0 Å². The number of unbranched alkanes of at least 4 members (excludes halogenated alkanes) is 1. The van der Waals surface area contributed by atoms with Crippen LogP contribution in [0.15, 0.2) is 34.6 Å². The molecule has 3 aromatic rings. The quantitative estimate of drug-likeness (QED) is 0.674. The van der Waals surface area contributed by atoms with Gasteiger partial charge >= 0.3 is 0 Å². The average molecular weight is 374 g/mol. The lowest BCUT2D eigenvalue weighted by molar-refractivity contribution is 0.410. The van der Waals surface area contributed by atoms with Crippen LogP contribution in [0.25, 0.3) is 11.2 Å². The third kappa shape index (κ3) is 4.27. The second-order valence-corrected chi connectivity index (χ2v) is 6.60. The van der Waals surface area contributed by atoms with E-state index in [9.17, 15) is 0 Å². The Morgan fingerprint density at radius 2 is 2.00 bits per heavy atom. The first-order valence-electron chi connectivity index (χ1n) is 8.93. The van der Waals surface area contributed by atoms with Crippen molar-refractivity contribution in [2.45, 2.75) is 57.1 Å². The summed E-state index contributed by atoms with van der Waals surface area (Å²) in [6.45, 7) is 9.05. The van der Waals surface area contributed by atoms with E-state index in [1.165, 1.54) is 6.33 Å². The van der Waals surface area contributed by atoms with E-state index in [4.69, 9.17) is 10.5 Å². The fourth-order valence-electron chi connectivity index (χ4n) is 2.50. The van der Waals surface area contributed by atoms with Gasteiger partial charge in [-0.1, -0.05) is 45.0 Å². The highest BCUT2D eigenvalue weighted by Crippen LogP contribution is 2.33. The predicted molar refractivity (Wildman–Crippen MR) is 108 cm³/mol. The summed E-state index contributed by atoms with van der Waals surface area (Å²) >= 11 is 1.59. The van der Waals surface area contributed by atoms with Crippen molar-refractivity contribution in [3.63, 3.8) is 0 Å². The standard InChI is InChI=1S/C17H21N5OS.C2H6/c1-4-5-8-22-16-14(15(18)19-10-20-16)21-17(22)24-12-7-6-11(2)13(9-12)23-3;1-2/h6-7,9-10H,4-5,8H2,1-3H3,(H2,18,19,20);1-2H3. The molecule has 0 aliphatic rings. The highest BCUT2D eigenvalue weighted by atomic mass is 32.2. The van der Waals surface area contributed by atoms with Crippen molar-refractivity contribution in [3.8, 4) is 5.75 Å². The molecule has 1 aromatic carbocycles. The Morgan fingerprint density at radius 3 is 2.69 bits per heavy atom. The van der Waals surface area contributed by atoms with Crippen molar-refractivity contribution < 1.29 is 4.74 Å². The molecular weight excluding hydrogens is 346 g/mol. The van der Waals surface area contributed by atoms with Gasteiger partial charge in [-0.15, -0.1) is 0 Å². The lowest BCUT2D eigenvalue weighted by Crippen LogP contribution is -2.01. The van der Waals surface area contributed by atoms with Crippen LogP contribution in [0.1, 0.15) is 39.2 Å². The molecule has 2 N–H and O–H groups in total. The second-order valence-electron chi connectivity index (χ2n) is 5.56. The topological polar surface area (TPSA) is 78.9 Å². The van der Waals surface area contributed by atoms with Gasteiger partial charge in [-0.2, -0.15) is 0 Å². The molecule has 0 spiro atoms. The monoisotopic (exact) mass is 373 g/mol. The van der Waals surface area contributed by atoms with Crippen LogP contribution >= 0.6 is 11.8 Å². The predicted octanol–water partition coefficient (Wildman–Crippen LogP) is 4.70. The van der Waals surface area contributed by atoms with Crippen LogP contribution in [0.4, 0.5) is 5.82 Å². The van der Waals surface area contributed by atoms with Gasteiger partial charge < -0.3 is 15.0 Å². The number of hydrogen-bond donors (Lipinski definition) is 1. The minimum absolute atomic E-state index is 0.415. The molecule has 0 atom stereocenters. The first-order valence-corrected chi connectivity index (χ1v) is 9.75. The van der Waals surface area contributed by atoms with E-state index < -0.39 is 0 Å². The number of anilines is 1. The molecule has 0 bridgehead atoms. The average Bonchev–Trinajstić information content (AvgIpc) is 3.01. The number of imidazole rings is 1. The Labute approximate surface area is 159 Å². The number of nitrogen functional groups attached to an aromatic ring is 1. The van der Waals surface area contributed by atoms with Crippen LogP contribution in [0.3, 0.4) is 0 Å². The smallest absolute Gasteiger partial charge is 0.175 e. The molecule has 140 valence electrons. The van der Waals surface area contributed by atoms with Crippen LogP contribution in [0, 0.1) is 6.92 Å². The van der Waals surface area contributed by atoms with Crippen molar-refractivity contribution in [2.75, 3.05) is 12.8 Å². The zero-order valence-corrected chi connectivity index (χ0v) is 16.9. The first-order chi connectivity index (χ1) is 12.6. The Kier molecular flexibility index (Phi) is 7.26. The minimum Gasteiger partial charge on any atom is -0.496 e. The number of hydrogen-bond acceptors (Lipinski definition) is 6. The van der Waals surface area contributed by atoms with Gasteiger partial charge in [0, 0.05) is 11.4 Å². The van der Waals surface area contributed by atoms with Gasteiger partial charge in [0.15, 0.2) is 22.1 Å². The Hall–Kier alpha value is -2.28. The van der Waals surface area contributed by atoms with Crippen molar-refractivity contribution in [3.05, 3.63) is 30.1 Å². The summed E-state index contributed by atoms with van der Waals surface area (Å²) in [7, 11) is 1.68. The summed E-state index contributed by atoms with van der Waals surface area (Å²) in [4.78, 5) is 14.2. The maximum Gasteiger partial charge on any atom is 0.175 e. The zero-order valence-electron chi connectivity index (χ0n) is 16.1. The van der Waals surface area contributed by atoms with Crippen molar-refractivity contribution in [1.82, 2.24) is 19.5 Å². The lowest BCUT2D eigenvalue weighted by atomic mass is 10.2. The third-order valence-corrected chi connectivity index (χ3v) is 4.83. The molecule has 3 rings (SSSR count). The highest BCUT2D eigenvalue weighted by Gasteiger charge is 2.16. The SMILES string of the molecule is CC.CCCCn1c(Sc2ccc(C)c(OC)c2)nc2c(N)ncnc21. The molecule has 0 aliphatic carbocycles. The number of nitrogens with zero attached hydrogens (tertiary/aromatic N) is 4. The maximum absolute atomic E-state index is 5.97. The van der Waals surface area contributed by atoms with Crippen LogP contribution < -0.4 is 10.5 Å². The van der Waals surface area contributed by atoms with Crippen LogP contribution in [-0.2, 0) is 6.54 Å². The molecule has 0 radical (unpaired) electrons. The van der Waals surface area contributed by atoms with Gasteiger partial charge in [0.05, 0.1) is 7.11 Å². The summed E-state index contributed by atoms with van der Waals surface area (Å²) < 4.78 is 7.53. The molecule has 7 heteroatoms. The maximum atomic E-state index is 5.97. The Bertz CT molecular complexity index is 863. The summed E-state index contributed by atoms with van der Waals surface area (Å²) in [5, 5.41) is 0.872. The van der Waals surface area contributed by atoms with Crippen LogP contribution in [0.2, 0.25) is 0 Å². The summed E-state index contributed by atoms with van der Waals surface area (Å²) in [6, 6.07) is 6.15. The number of rotatable bonds is 6. The number of aryl methyl sites for hydroxylation is 2. The molecule has 0 aliphatic heterocycles. The molecule has 0 unspecified atom stereocenters. The van der Waals surface area contributed by atoms with Gasteiger partial charge in [0.1, 0.15) is 12.1 Å². The first kappa shape index (κ1) is 20.0. The van der Waals surface area contributed by atoms with E-state index in [1.54, 1.807) is 18.9 Å². The number of nitrogens with two attached hydrogens (primary N) is 1. The van der Waals surface area contributed by atoms with Gasteiger partial charge in [-0.3, -0.25) is 0 Å². The Morgan fingerprint density at radius 1 is 1.23 bits per heavy atom. The third-order valence-electron chi connectivity index (χ3n) is 3.85. The molecule has 0 fully saturated rings. The molecule has 0 amide bonds. The van der Waals surface area contributed by atoms with Gasteiger partial charge in [-0.25, -0.2) is 15.0 Å². The number of methoxy groups -OCH3 is 1. The highest BCUT2D eigenvalue weighted by molar-refractivity contribution is 7.99. The van der Waals surface area contributed by atoms with E-state index >= 15 is 0 Å². The zero-order chi connectivity index (χ0) is 19.1. The van der Waals surface area contributed by atoms with Gasteiger partial charge in [0.2, 0.25) is 0 Å². The van der Waals surface area contributed by atoms with Crippen molar-refractivity contribution >= 4 is 28.7 Å². The molecule has 0 saturated carbocycles. The van der Waals surface area contributed by atoms with Crippen LogP contribution in [-0.4, -0.2) is 26.6 Å². The second kappa shape index (κ2) is 9.43. The van der Waals surface area contributed by atoms with E-state index in [-0.39, 0.29) is 0 Å². The van der Waals surface area contributed by atoms with Crippen molar-refractivity contribution in [2.24, 2.45) is 0 Å². The summed E-state index contributed by atoms with van der Waals surface area (Å²) in [5.74, 6) is 1.29. The number of benzene rings is 1. The minimum atomic E-state index is 0.415. The summed E-state index contributed by atoms with van der Waals surface area (Å²) in [5.41, 5.74) is 8.53. The van der Waals surface area contributed by atoms with Gasteiger partial charge in [0.25, 0.3) is 0 Å². The van der Waals surface area contributed by atoms with Gasteiger partial charge in [-0.05, 0) is 31.0 Å². The van der Waals surface area contributed by atoms with E-state index in [2.05, 4.69) is 32.5 Å².